The molecule has 1 aromatic heterocycles. The third-order valence-electron chi connectivity index (χ3n) is 4.40. The maximum Gasteiger partial charge on any atom is 0.213 e. The van der Waals surface area contributed by atoms with Gasteiger partial charge in [0.1, 0.15) is 6.61 Å². The van der Waals surface area contributed by atoms with Gasteiger partial charge in [0.25, 0.3) is 0 Å². The van der Waals surface area contributed by atoms with Crippen molar-refractivity contribution in [3.05, 3.63) is 82.0 Å². The van der Waals surface area contributed by atoms with Crippen LogP contribution in [0.4, 0.5) is 0 Å². The van der Waals surface area contributed by atoms with Gasteiger partial charge in [0.05, 0.1) is 13.7 Å². The van der Waals surface area contributed by atoms with E-state index >= 15 is 0 Å². The Morgan fingerprint density at radius 2 is 1.73 bits per heavy atom. The highest BCUT2D eigenvalue weighted by Gasteiger charge is 2.13. The van der Waals surface area contributed by atoms with Crippen LogP contribution in [0, 0.1) is 0 Å². The van der Waals surface area contributed by atoms with E-state index in [1.54, 1.807) is 25.4 Å². The van der Waals surface area contributed by atoms with Crippen LogP contribution >= 0.6 is 23.2 Å². The Bertz CT molecular complexity index is 919. The van der Waals surface area contributed by atoms with Gasteiger partial charge >= 0.3 is 0 Å². The molecule has 3 aromatic rings. The van der Waals surface area contributed by atoms with Gasteiger partial charge in [-0.1, -0.05) is 47.5 Å². The Morgan fingerprint density at radius 1 is 0.933 bits per heavy atom. The van der Waals surface area contributed by atoms with E-state index in [1.807, 2.05) is 42.5 Å². The van der Waals surface area contributed by atoms with Gasteiger partial charge in [0.2, 0.25) is 5.88 Å². The predicted octanol–water partition coefficient (Wildman–Crippen LogP) is 5.53. The second-order valence-electron chi connectivity index (χ2n) is 6.48. The SMILES string of the molecule is COc1cccc(CNCCCOc2ccccn2)c1OCc1c(Cl)cccc1Cl. The second kappa shape index (κ2) is 11.6. The lowest BCUT2D eigenvalue weighted by molar-refractivity contribution is 0.280. The van der Waals surface area contributed by atoms with Crippen LogP contribution < -0.4 is 19.5 Å². The molecular formula is C23H24Cl2N2O3. The summed E-state index contributed by atoms with van der Waals surface area (Å²) in [7, 11) is 1.62. The highest BCUT2D eigenvalue weighted by Crippen LogP contribution is 2.33. The van der Waals surface area contributed by atoms with Crippen LogP contribution in [0.1, 0.15) is 17.5 Å². The molecule has 0 aliphatic carbocycles. The fourth-order valence-electron chi connectivity index (χ4n) is 2.87. The number of methoxy groups -OCH3 is 1. The molecule has 1 N–H and O–H groups in total. The lowest BCUT2D eigenvalue weighted by atomic mass is 10.1. The van der Waals surface area contributed by atoms with Crippen molar-refractivity contribution in [3.8, 4) is 17.4 Å². The zero-order valence-corrected chi connectivity index (χ0v) is 18.2. The molecule has 7 heteroatoms. The molecule has 1 heterocycles. The first-order valence-electron chi connectivity index (χ1n) is 9.65. The number of nitrogens with zero attached hydrogens (tertiary/aromatic N) is 1. The number of hydrogen-bond acceptors (Lipinski definition) is 5. The van der Waals surface area contributed by atoms with E-state index in [0.717, 1.165) is 24.1 Å². The standard InChI is InChI=1S/C23H24Cl2N2O3/c1-28-21-10-4-7-17(15-26-12-6-14-29-22-11-2-3-13-27-22)23(21)30-16-18-19(24)8-5-9-20(18)25/h2-5,7-11,13,26H,6,12,14-16H2,1H3. The normalized spacial score (nSPS) is 10.6. The molecule has 30 heavy (non-hydrogen) atoms. The van der Waals surface area contributed by atoms with E-state index in [-0.39, 0.29) is 6.61 Å². The summed E-state index contributed by atoms with van der Waals surface area (Å²) in [5, 5.41) is 4.56. The molecule has 5 nitrogen and oxygen atoms in total. The molecule has 0 atom stereocenters. The van der Waals surface area contributed by atoms with Crippen LogP contribution in [-0.4, -0.2) is 25.2 Å². The van der Waals surface area contributed by atoms with E-state index in [1.165, 1.54) is 0 Å². The number of nitrogens with one attached hydrogen (secondary N) is 1. The van der Waals surface area contributed by atoms with Crippen molar-refractivity contribution in [1.82, 2.24) is 10.3 Å². The van der Waals surface area contributed by atoms with Gasteiger partial charge in [0, 0.05) is 40.0 Å². The molecule has 0 radical (unpaired) electrons. The number of hydrogen-bond donors (Lipinski definition) is 1. The molecule has 0 spiro atoms. The van der Waals surface area contributed by atoms with Crippen molar-refractivity contribution in [2.75, 3.05) is 20.3 Å². The molecule has 3 rings (SSSR count). The fourth-order valence-corrected chi connectivity index (χ4v) is 3.38. The van der Waals surface area contributed by atoms with Gasteiger partial charge in [-0.3, -0.25) is 0 Å². The van der Waals surface area contributed by atoms with Gasteiger partial charge in [-0.15, -0.1) is 0 Å². The zero-order chi connectivity index (χ0) is 21.2. The Hall–Kier alpha value is -2.47. The fraction of sp³-hybridized carbons (Fsp3) is 0.261. The zero-order valence-electron chi connectivity index (χ0n) is 16.7. The minimum Gasteiger partial charge on any atom is -0.493 e. The summed E-state index contributed by atoms with van der Waals surface area (Å²) in [6, 6.07) is 16.8. The van der Waals surface area contributed by atoms with Crippen LogP contribution in [0.15, 0.2) is 60.8 Å². The highest BCUT2D eigenvalue weighted by molar-refractivity contribution is 6.35. The Morgan fingerprint density at radius 3 is 2.47 bits per heavy atom. The number of aromatic nitrogens is 1. The molecule has 0 saturated carbocycles. The van der Waals surface area contributed by atoms with Crippen LogP contribution in [0.2, 0.25) is 10.0 Å². The number of pyridine rings is 1. The van der Waals surface area contributed by atoms with Crippen LogP contribution in [0.5, 0.6) is 17.4 Å². The molecule has 0 bridgehead atoms. The largest absolute Gasteiger partial charge is 0.493 e. The van der Waals surface area contributed by atoms with E-state index in [2.05, 4.69) is 10.3 Å². The molecule has 0 unspecified atom stereocenters. The average Bonchev–Trinajstić information content (AvgIpc) is 2.77. The van der Waals surface area contributed by atoms with Crippen molar-refractivity contribution in [3.63, 3.8) is 0 Å². The van der Waals surface area contributed by atoms with Crippen molar-refractivity contribution in [1.29, 1.82) is 0 Å². The number of ether oxygens (including phenoxy) is 3. The molecule has 0 fully saturated rings. The minimum absolute atomic E-state index is 0.254. The van der Waals surface area contributed by atoms with Gasteiger partial charge < -0.3 is 19.5 Å². The van der Waals surface area contributed by atoms with E-state index in [0.29, 0.717) is 40.6 Å². The highest BCUT2D eigenvalue weighted by atomic mass is 35.5. The molecule has 0 aliphatic rings. The van der Waals surface area contributed by atoms with Crippen LogP contribution in [0.3, 0.4) is 0 Å². The summed E-state index contributed by atoms with van der Waals surface area (Å²) in [6.07, 6.45) is 2.57. The summed E-state index contributed by atoms with van der Waals surface area (Å²) < 4.78 is 17.2. The van der Waals surface area contributed by atoms with Gasteiger partial charge in [-0.05, 0) is 37.2 Å². The summed E-state index contributed by atoms with van der Waals surface area (Å²) in [4.78, 5) is 4.14. The smallest absolute Gasteiger partial charge is 0.213 e. The quantitative estimate of drug-likeness (QED) is 0.392. The summed E-state index contributed by atoms with van der Waals surface area (Å²) in [5.41, 5.74) is 1.74. The number of halogens is 2. The van der Waals surface area contributed by atoms with E-state index in [9.17, 15) is 0 Å². The van der Waals surface area contributed by atoms with Gasteiger partial charge in [-0.2, -0.15) is 0 Å². The maximum absolute atomic E-state index is 6.26. The summed E-state index contributed by atoms with van der Waals surface area (Å²) in [6.45, 7) is 2.27. The van der Waals surface area contributed by atoms with Crippen molar-refractivity contribution >= 4 is 23.2 Å². The summed E-state index contributed by atoms with van der Waals surface area (Å²) >= 11 is 12.5. The molecular weight excluding hydrogens is 423 g/mol. The van der Waals surface area contributed by atoms with Gasteiger partial charge in [-0.25, -0.2) is 4.98 Å². The van der Waals surface area contributed by atoms with Crippen molar-refractivity contribution < 1.29 is 14.2 Å². The molecule has 158 valence electrons. The number of para-hydroxylation sites is 1. The average molecular weight is 447 g/mol. The maximum atomic E-state index is 6.26. The third kappa shape index (κ3) is 6.26. The van der Waals surface area contributed by atoms with E-state index in [4.69, 9.17) is 37.4 Å². The topological polar surface area (TPSA) is 52.6 Å². The van der Waals surface area contributed by atoms with Crippen LogP contribution in [0.25, 0.3) is 0 Å². The minimum atomic E-state index is 0.254. The number of benzene rings is 2. The van der Waals surface area contributed by atoms with E-state index < -0.39 is 0 Å². The first-order valence-corrected chi connectivity index (χ1v) is 10.4. The third-order valence-corrected chi connectivity index (χ3v) is 5.11. The van der Waals surface area contributed by atoms with Crippen molar-refractivity contribution in [2.24, 2.45) is 0 Å². The number of rotatable bonds is 11. The first kappa shape index (κ1) is 22.2. The lowest BCUT2D eigenvalue weighted by Crippen LogP contribution is -2.18. The predicted molar refractivity (Wildman–Crippen MR) is 120 cm³/mol. The first-order chi connectivity index (χ1) is 14.7. The molecule has 2 aromatic carbocycles. The van der Waals surface area contributed by atoms with Gasteiger partial charge in [0.15, 0.2) is 11.5 Å². The summed E-state index contributed by atoms with van der Waals surface area (Å²) in [5.74, 6) is 1.98. The lowest BCUT2D eigenvalue weighted by Gasteiger charge is -2.16. The Labute approximate surface area is 186 Å². The Balaban J connectivity index is 1.54. The second-order valence-corrected chi connectivity index (χ2v) is 7.30. The molecule has 0 amide bonds. The van der Waals surface area contributed by atoms with Crippen LogP contribution in [-0.2, 0) is 13.2 Å². The monoisotopic (exact) mass is 446 g/mol. The van der Waals surface area contributed by atoms with Crippen molar-refractivity contribution in [2.45, 2.75) is 19.6 Å². The molecule has 0 aliphatic heterocycles. The Kier molecular flexibility index (Phi) is 8.63. The molecule has 0 saturated heterocycles.